The molecule has 0 saturated heterocycles. The van der Waals surface area contributed by atoms with Crippen LogP contribution >= 0.6 is 11.6 Å². The first-order chi connectivity index (χ1) is 11.9. The Balaban J connectivity index is 1.92. The van der Waals surface area contributed by atoms with Crippen molar-refractivity contribution in [1.82, 2.24) is 0 Å². The fourth-order valence-electron chi connectivity index (χ4n) is 2.23. The third-order valence-corrected chi connectivity index (χ3v) is 3.77. The van der Waals surface area contributed by atoms with E-state index in [1.54, 1.807) is 6.92 Å². The van der Waals surface area contributed by atoms with Gasteiger partial charge in [-0.05, 0) is 49.7 Å². The van der Waals surface area contributed by atoms with Gasteiger partial charge in [0.2, 0.25) is 0 Å². The maximum atomic E-state index is 14.5. The zero-order valence-electron chi connectivity index (χ0n) is 13.8. The van der Waals surface area contributed by atoms with E-state index in [9.17, 15) is 13.6 Å². The van der Waals surface area contributed by atoms with Gasteiger partial charge < -0.3 is 9.47 Å². The zero-order chi connectivity index (χ0) is 18.3. The molecular weight excluding hydrogens is 350 g/mol. The number of carbonyl (C=O) groups excluding carboxylic acids is 1. The van der Waals surface area contributed by atoms with Gasteiger partial charge in [0.25, 0.3) is 5.92 Å². The van der Waals surface area contributed by atoms with Crippen LogP contribution in [0.15, 0.2) is 48.5 Å². The van der Waals surface area contributed by atoms with Crippen molar-refractivity contribution in [1.29, 1.82) is 0 Å². The molecule has 0 amide bonds. The van der Waals surface area contributed by atoms with Crippen LogP contribution < -0.4 is 4.74 Å². The minimum atomic E-state index is -3.12. The Labute approximate surface area is 150 Å². The van der Waals surface area contributed by atoms with Crippen molar-refractivity contribution in [2.75, 3.05) is 13.2 Å². The Morgan fingerprint density at radius 3 is 2.16 bits per heavy atom. The molecule has 2 rings (SSSR count). The van der Waals surface area contributed by atoms with Gasteiger partial charge in [-0.25, -0.2) is 0 Å². The number of alkyl halides is 2. The molecule has 3 nitrogen and oxygen atoms in total. The van der Waals surface area contributed by atoms with Crippen LogP contribution in [0.4, 0.5) is 8.78 Å². The van der Waals surface area contributed by atoms with E-state index >= 15 is 0 Å². The van der Waals surface area contributed by atoms with Crippen molar-refractivity contribution in [2.45, 2.75) is 25.7 Å². The average Bonchev–Trinajstić information content (AvgIpc) is 2.60. The van der Waals surface area contributed by atoms with Crippen LogP contribution in [0, 0.1) is 0 Å². The lowest BCUT2D eigenvalue weighted by atomic mass is 10.0. The maximum Gasteiger partial charge on any atom is 0.305 e. The molecule has 0 fully saturated rings. The van der Waals surface area contributed by atoms with Crippen LogP contribution in [0.1, 0.15) is 30.9 Å². The Morgan fingerprint density at radius 2 is 1.60 bits per heavy atom. The van der Waals surface area contributed by atoms with Crippen LogP contribution in [-0.4, -0.2) is 19.2 Å². The summed E-state index contributed by atoms with van der Waals surface area (Å²) in [5.74, 6) is -2.92. The van der Waals surface area contributed by atoms with Gasteiger partial charge >= 0.3 is 5.97 Å². The maximum absolute atomic E-state index is 14.5. The second kappa shape index (κ2) is 8.81. The molecule has 0 spiro atoms. The Hall–Kier alpha value is -2.14. The van der Waals surface area contributed by atoms with E-state index in [0.717, 1.165) is 0 Å². The number of rotatable bonds is 8. The molecule has 0 heterocycles. The molecule has 6 heteroatoms. The molecule has 0 aliphatic rings. The van der Waals surface area contributed by atoms with Gasteiger partial charge in [-0.1, -0.05) is 23.7 Å². The molecule has 0 N–H and O–H groups in total. The third-order valence-electron chi connectivity index (χ3n) is 3.52. The number of benzene rings is 2. The molecule has 0 atom stereocenters. The first-order valence-electron chi connectivity index (χ1n) is 7.96. The highest BCUT2D eigenvalue weighted by molar-refractivity contribution is 6.30. The number of halogens is 3. The molecular formula is C19H19ClF2O3. The monoisotopic (exact) mass is 368 g/mol. The summed E-state index contributed by atoms with van der Waals surface area (Å²) in [6, 6.07) is 11.1. The first-order valence-corrected chi connectivity index (χ1v) is 8.34. The molecule has 0 unspecified atom stereocenters. The summed E-state index contributed by atoms with van der Waals surface area (Å²) in [5, 5.41) is 0.408. The van der Waals surface area contributed by atoms with Crippen LogP contribution in [0.5, 0.6) is 5.75 Å². The fraction of sp³-hybridized carbons (Fsp3) is 0.316. The molecule has 0 aliphatic heterocycles. The molecule has 0 aromatic heterocycles. The van der Waals surface area contributed by atoms with Crippen molar-refractivity contribution < 1.29 is 23.0 Å². The fourth-order valence-corrected chi connectivity index (χ4v) is 2.35. The number of hydrogen-bond acceptors (Lipinski definition) is 3. The lowest BCUT2D eigenvalue weighted by Crippen LogP contribution is -2.15. The molecule has 0 bridgehead atoms. The van der Waals surface area contributed by atoms with Crippen molar-refractivity contribution in [3.05, 3.63) is 64.7 Å². The zero-order valence-corrected chi connectivity index (χ0v) is 14.6. The second-order valence-electron chi connectivity index (χ2n) is 5.36. The number of hydrogen-bond donors (Lipinski definition) is 0. The average molecular weight is 369 g/mol. The SMILES string of the molecule is CCOC(=O)CCCOc1ccc(C(F)(F)c2ccc(Cl)cc2)cc1. The summed E-state index contributed by atoms with van der Waals surface area (Å²) in [6.45, 7) is 2.41. The van der Waals surface area contributed by atoms with Gasteiger partial charge in [0.1, 0.15) is 5.75 Å². The summed E-state index contributed by atoms with van der Waals surface area (Å²) < 4.78 is 39.2. The lowest BCUT2D eigenvalue weighted by Gasteiger charge is -2.17. The van der Waals surface area contributed by atoms with E-state index in [0.29, 0.717) is 30.4 Å². The highest BCUT2D eigenvalue weighted by Gasteiger charge is 2.33. The van der Waals surface area contributed by atoms with Crippen molar-refractivity contribution in [2.24, 2.45) is 0 Å². The Morgan fingerprint density at radius 1 is 1.04 bits per heavy atom. The van der Waals surface area contributed by atoms with Gasteiger partial charge in [0, 0.05) is 22.6 Å². The summed E-state index contributed by atoms with van der Waals surface area (Å²) in [6.07, 6.45) is 0.766. The first kappa shape index (κ1) is 19.2. The molecule has 2 aromatic rings. The Bertz CT molecular complexity index is 685. The minimum Gasteiger partial charge on any atom is -0.494 e. The van der Waals surface area contributed by atoms with Crippen LogP contribution in [0.3, 0.4) is 0 Å². The molecule has 2 aromatic carbocycles. The van der Waals surface area contributed by atoms with Gasteiger partial charge in [-0.3, -0.25) is 4.79 Å². The molecule has 25 heavy (non-hydrogen) atoms. The van der Waals surface area contributed by atoms with Gasteiger partial charge in [-0.15, -0.1) is 0 Å². The number of carbonyl (C=O) groups is 1. The largest absolute Gasteiger partial charge is 0.494 e. The smallest absolute Gasteiger partial charge is 0.305 e. The summed E-state index contributed by atoms with van der Waals surface area (Å²) in [5.41, 5.74) is -0.256. The van der Waals surface area contributed by atoms with E-state index in [4.69, 9.17) is 21.1 Å². The van der Waals surface area contributed by atoms with E-state index in [-0.39, 0.29) is 23.5 Å². The topological polar surface area (TPSA) is 35.5 Å². The summed E-state index contributed by atoms with van der Waals surface area (Å²) in [4.78, 5) is 11.2. The van der Waals surface area contributed by atoms with Gasteiger partial charge in [0.15, 0.2) is 0 Å². The normalized spacial score (nSPS) is 11.2. The second-order valence-corrected chi connectivity index (χ2v) is 5.80. The lowest BCUT2D eigenvalue weighted by molar-refractivity contribution is -0.143. The number of esters is 1. The predicted octanol–water partition coefficient (Wildman–Crippen LogP) is 5.20. The Kier molecular flexibility index (Phi) is 6.76. The van der Waals surface area contributed by atoms with Gasteiger partial charge in [-0.2, -0.15) is 8.78 Å². The molecule has 0 radical (unpaired) electrons. The summed E-state index contributed by atoms with van der Waals surface area (Å²) in [7, 11) is 0. The van der Waals surface area contributed by atoms with Crippen molar-refractivity contribution in [3.8, 4) is 5.75 Å². The van der Waals surface area contributed by atoms with Crippen molar-refractivity contribution >= 4 is 17.6 Å². The minimum absolute atomic E-state index is 0.125. The van der Waals surface area contributed by atoms with Crippen molar-refractivity contribution in [3.63, 3.8) is 0 Å². The summed E-state index contributed by atoms with van der Waals surface area (Å²) >= 11 is 5.74. The van der Waals surface area contributed by atoms with Crippen LogP contribution in [-0.2, 0) is 15.5 Å². The molecule has 0 saturated carbocycles. The molecule has 134 valence electrons. The van der Waals surface area contributed by atoms with E-state index in [1.807, 2.05) is 0 Å². The van der Waals surface area contributed by atoms with Crippen LogP contribution in [0.2, 0.25) is 5.02 Å². The van der Waals surface area contributed by atoms with Crippen LogP contribution in [0.25, 0.3) is 0 Å². The standard InChI is InChI=1S/C19H19ClF2O3/c1-2-24-18(23)4-3-13-25-17-11-7-15(8-12-17)19(21,22)14-5-9-16(20)10-6-14/h5-12H,2-4,13H2,1H3. The van der Waals surface area contributed by atoms with E-state index in [2.05, 4.69) is 0 Å². The highest BCUT2D eigenvalue weighted by atomic mass is 35.5. The van der Waals surface area contributed by atoms with E-state index in [1.165, 1.54) is 48.5 Å². The van der Waals surface area contributed by atoms with E-state index < -0.39 is 5.92 Å². The third kappa shape index (κ3) is 5.43. The molecule has 0 aliphatic carbocycles. The number of ether oxygens (including phenoxy) is 2. The predicted molar refractivity (Wildman–Crippen MR) is 92.3 cm³/mol. The quantitative estimate of drug-likeness (QED) is 0.474. The van der Waals surface area contributed by atoms with Gasteiger partial charge in [0.05, 0.1) is 13.2 Å². The highest BCUT2D eigenvalue weighted by Crippen LogP contribution is 2.36.